The lowest BCUT2D eigenvalue weighted by Crippen LogP contribution is -2.61. The molecule has 0 unspecified atom stereocenters. The molecule has 2 aromatic carbocycles. The van der Waals surface area contributed by atoms with Crippen molar-refractivity contribution >= 4 is 16.7 Å². The third-order valence-corrected chi connectivity index (χ3v) is 7.09. The summed E-state index contributed by atoms with van der Waals surface area (Å²) in [4.78, 5) is 13.1. The number of ether oxygens (including phenoxy) is 1. The maximum Gasteiger partial charge on any atom is 0.261 e. The fraction of sp³-hybridized carbons (Fsp3) is 0.542. The zero-order valence-electron chi connectivity index (χ0n) is 16.1. The van der Waals surface area contributed by atoms with Gasteiger partial charge in [-0.1, -0.05) is 37.3 Å². The molecule has 4 bridgehead atoms. The highest BCUT2D eigenvalue weighted by molar-refractivity contribution is 5.84. The predicted octanol–water partition coefficient (Wildman–Crippen LogP) is 5.08. The zero-order chi connectivity index (χ0) is 18.4. The van der Waals surface area contributed by atoms with Crippen molar-refractivity contribution in [3.63, 3.8) is 0 Å². The van der Waals surface area contributed by atoms with Gasteiger partial charge in [-0.05, 0) is 85.6 Å². The molecular weight excluding hydrogens is 334 g/mol. The number of rotatable bonds is 5. The largest absolute Gasteiger partial charge is 0.481 e. The van der Waals surface area contributed by atoms with Gasteiger partial charge in [-0.15, -0.1) is 0 Å². The number of fused-ring (bicyclic) bond motifs is 1. The number of benzene rings is 2. The normalized spacial score (nSPS) is 32.4. The topological polar surface area (TPSA) is 38.3 Å². The molecule has 2 aromatic rings. The lowest BCUT2D eigenvalue weighted by Gasteiger charge is -2.57. The van der Waals surface area contributed by atoms with Crippen molar-refractivity contribution in [2.75, 3.05) is 0 Å². The van der Waals surface area contributed by atoms with Crippen molar-refractivity contribution in [3.8, 4) is 5.75 Å². The van der Waals surface area contributed by atoms with E-state index in [1.807, 2.05) is 31.2 Å². The molecule has 142 valence electrons. The smallest absolute Gasteiger partial charge is 0.261 e. The molecule has 0 radical (unpaired) electrons. The molecule has 0 aliphatic heterocycles. The quantitative estimate of drug-likeness (QED) is 0.804. The molecule has 1 atom stereocenters. The first-order chi connectivity index (χ1) is 13.1. The summed E-state index contributed by atoms with van der Waals surface area (Å²) < 4.78 is 6.14. The molecule has 1 amide bonds. The summed E-state index contributed by atoms with van der Waals surface area (Å²) in [6.07, 6.45) is 7.97. The van der Waals surface area contributed by atoms with Gasteiger partial charge >= 0.3 is 0 Å². The minimum atomic E-state index is -0.417. The van der Waals surface area contributed by atoms with Gasteiger partial charge < -0.3 is 10.1 Å². The summed E-state index contributed by atoms with van der Waals surface area (Å²) in [5.74, 6) is 3.35. The van der Waals surface area contributed by atoms with E-state index in [1.165, 1.54) is 43.9 Å². The van der Waals surface area contributed by atoms with Gasteiger partial charge in [0, 0.05) is 5.54 Å². The molecule has 4 aliphatic carbocycles. The second-order valence-electron chi connectivity index (χ2n) is 9.21. The summed E-state index contributed by atoms with van der Waals surface area (Å²) in [7, 11) is 0. The molecule has 4 aliphatic rings. The fourth-order valence-corrected chi connectivity index (χ4v) is 6.33. The monoisotopic (exact) mass is 363 g/mol. The molecule has 0 saturated heterocycles. The van der Waals surface area contributed by atoms with Crippen molar-refractivity contribution in [2.45, 2.75) is 63.5 Å². The van der Waals surface area contributed by atoms with Gasteiger partial charge in [-0.3, -0.25) is 4.79 Å². The Hall–Kier alpha value is -2.03. The SMILES string of the molecule is CC[C@H](Oc1ccc2ccccc2c1)C(=O)NC12CC3CC(CC(C3)C1)C2. The van der Waals surface area contributed by atoms with Crippen molar-refractivity contribution in [2.24, 2.45) is 17.8 Å². The average Bonchev–Trinajstić information content (AvgIpc) is 2.64. The highest BCUT2D eigenvalue weighted by atomic mass is 16.5. The Labute approximate surface area is 161 Å². The number of nitrogens with one attached hydrogen (secondary N) is 1. The van der Waals surface area contributed by atoms with Gasteiger partial charge in [-0.2, -0.15) is 0 Å². The van der Waals surface area contributed by atoms with E-state index in [4.69, 9.17) is 4.74 Å². The van der Waals surface area contributed by atoms with Crippen LogP contribution >= 0.6 is 0 Å². The average molecular weight is 364 g/mol. The maximum absolute atomic E-state index is 13.1. The Morgan fingerprint density at radius 3 is 2.30 bits per heavy atom. The highest BCUT2D eigenvalue weighted by Crippen LogP contribution is 2.55. The van der Waals surface area contributed by atoms with E-state index in [2.05, 4.69) is 23.5 Å². The van der Waals surface area contributed by atoms with Crippen LogP contribution in [0.2, 0.25) is 0 Å². The minimum Gasteiger partial charge on any atom is -0.481 e. The third-order valence-electron chi connectivity index (χ3n) is 7.09. The molecule has 6 rings (SSSR count). The van der Waals surface area contributed by atoms with E-state index >= 15 is 0 Å². The molecule has 0 spiro atoms. The van der Waals surface area contributed by atoms with E-state index in [0.29, 0.717) is 6.42 Å². The predicted molar refractivity (Wildman–Crippen MR) is 108 cm³/mol. The van der Waals surface area contributed by atoms with Crippen molar-refractivity contribution in [1.82, 2.24) is 5.32 Å². The van der Waals surface area contributed by atoms with Crippen LogP contribution in [0.5, 0.6) is 5.75 Å². The van der Waals surface area contributed by atoms with E-state index < -0.39 is 6.10 Å². The number of hydrogen-bond donors (Lipinski definition) is 1. The third kappa shape index (κ3) is 3.22. The van der Waals surface area contributed by atoms with Crippen LogP contribution in [0.1, 0.15) is 51.9 Å². The first-order valence-electron chi connectivity index (χ1n) is 10.6. The van der Waals surface area contributed by atoms with E-state index in [9.17, 15) is 4.79 Å². The van der Waals surface area contributed by atoms with Crippen LogP contribution in [0.25, 0.3) is 10.8 Å². The minimum absolute atomic E-state index is 0.0476. The van der Waals surface area contributed by atoms with Gasteiger partial charge in [-0.25, -0.2) is 0 Å². The number of amides is 1. The first-order valence-corrected chi connectivity index (χ1v) is 10.6. The van der Waals surface area contributed by atoms with E-state index in [0.717, 1.165) is 28.9 Å². The van der Waals surface area contributed by atoms with Gasteiger partial charge in [0.05, 0.1) is 0 Å². The Kier molecular flexibility index (Phi) is 4.14. The first kappa shape index (κ1) is 17.1. The van der Waals surface area contributed by atoms with Crippen LogP contribution in [0, 0.1) is 17.8 Å². The van der Waals surface area contributed by atoms with Crippen LogP contribution in [0.3, 0.4) is 0 Å². The van der Waals surface area contributed by atoms with Crippen molar-refractivity contribution < 1.29 is 9.53 Å². The Bertz CT molecular complexity index is 823. The standard InChI is InChI=1S/C24H29NO2/c1-2-22(27-21-8-7-19-5-3-4-6-20(19)12-21)23(26)25-24-13-16-9-17(14-24)11-18(10-16)15-24/h3-8,12,16-18,22H,2,9-11,13-15H2,1H3,(H,25,26)/t16?,17?,18?,22-,24?/m0/s1. The van der Waals surface area contributed by atoms with Crippen molar-refractivity contribution in [1.29, 1.82) is 0 Å². The summed E-state index contributed by atoms with van der Waals surface area (Å²) in [6, 6.07) is 14.3. The molecule has 3 heteroatoms. The lowest BCUT2D eigenvalue weighted by molar-refractivity contribution is -0.134. The molecular formula is C24H29NO2. The van der Waals surface area contributed by atoms with Crippen LogP contribution in [-0.4, -0.2) is 17.6 Å². The van der Waals surface area contributed by atoms with Gasteiger partial charge in [0.15, 0.2) is 6.10 Å². The van der Waals surface area contributed by atoms with Crippen LogP contribution in [0.4, 0.5) is 0 Å². The Balaban J connectivity index is 1.30. The molecule has 4 fully saturated rings. The molecule has 3 nitrogen and oxygen atoms in total. The summed E-state index contributed by atoms with van der Waals surface area (Å²) in [5, 5.41) is 5.80. The van der Waals surface area contributed by atoms with Gasteiger partial charge in [0.1, 0.15) is 5.75 Å². The van der Waals surface area contributed by atoms with E-state index in [-0.39, 0.29) is 11.4 Å². The van der Waals surface area contributed by atoms with Gasteiger partial charge in [0.2, 0.25) is 0 Å². The second-order valence-corrected chi connectivity index (χ2v) is 9.21. The number of carbonyl (C=O) groups excluding carboxylic acids is 1. The van der Waals surface area contributed by atoms with Crippen LogP contribution in [0.15, 0.2) is 42.5 Å². The molecule has 4 saturated carbocycles. The van der Waals surface area contributed by atoms with Crippen LogP contribution < -0.4 is 10.1 Å². The molecule has 0 aromatic heterocycles. The lowest BCUT2D eigenvalue weighted by atomic mass is 9.53. The zero-order valence-corrected chi connectivity index (χ0v) is 16.1. The number of carbonyl (C=O) groups is 1. The van der Waals surface area contributed by atoms with E-state index in [1.54, 1.807) is 0 Å². The maximum atomic E-state index is 13.1. The summed E-state index contributed by atoms with van der Waals surface area (Å²) in [6.45, 7) is 2.03. The summed E-state index contributed by atoms with van der Waals surface area (Å²) in [5.41, 5.74) is 0.0476. The van der Waals surface area contributed by atoms with Gasteiger partial charge in [0.25, 0.3) is 5.91 Å². The molecule has 27 heavy (non-hydrogen) atoms. The highest BCUT2D eigenvalue weighted by Gasteiger charge is 2.51. The van der Waals surface area contributed by atoms with Crippen molar-refractivity contribution in [3.05, 3.63) is 42.5 Å². The Morgan fingerprint density at radius 2 is 1.67 bits per heavy atom. The van der Waals surface area contributed by atoms with Crippen LogP contribution in [-0.2, 0) is 4.79 Å². The summed E-state index contributed by atoms with van der Waals surface area (Å²) >= 11 is 0. The fourth-order valence-electron chi connectivity index (χ4n) is 6.33. The second kappa shape index (κ2) is 6.54. The molecule has 1 N–H and O–H groups in total. The Morgan fingerprint density at radius 1 is 1.04 bits per heavy atom. The number of hydrogen-bond acceptors (Lipinski definition) is 2. The molecule has 0 heterocycles.